The van der Waals surface area contributed by atoms with Gasteiger partial charge < -0.3 is 15.0 Å². The summed E-state index contributed by atoms with van der Waals surface area (Å²) in [6.07, 6.45) is 0. The molecule has 1 fully saturated rings. The Hall–Kier alpha value is -4.36. The van der Waals surface area contributed by atoms with E-state index in [-0.39, 0.29) is 24.6 Å². The second-order valence-corrected chi connectivity index (χ2v) is 7.27. The molecule has 2 aromatic carbocycles. The Morgan fingerprint density at radius 3 is 2.59 bits per heavy atom. The van der Waals surface area contributed by atoms with E-state index in [1.54, 1.807) is 18.2 Å². The van der Waals surface area contributed by atoms with Gasteiger partial charge in [0.1, 0.15) is 5.75 Å². The summed E-state index contributed by atoms with van der Waals surface area (Å²) in [5, 5.41) is 13.4. The summed E-state index contributed by atoms with van der Waals surface area (Å²) in [6.45, 7) is 0.105. The number of ether oxygens (including phenoxy) is 1. The van der Waals surface area contributed by atoms with Crippen LogP contribution in [0.3, 0.4) is 0 Å². The molecule has 2 heterocycles. The van der Waals surface area contributed by atoms with Gasteiger partial charge in [-0.25, -0.2) is 10.3 Å². The van der Waals surface area contributed by atoms with Crippen molar-refractivity contribution in [2.75, 3.05) is 13.7 Å². The van der Waals surface area contributed by atoms with Crippen LogP contribution in [0.15, 0.2) is 42.5 Å². The van der Waals surface area contributed by atoms with Crippen molar-refractivity contribution in [3.05, 3.63) is 64.7 Å². The second kappa shape index (κ2) is 8.05. The molecule has 10 heteroatoms. The third-order valence-corrected chi connectivity index (χ3v) is 5.23. The largest absolute Gasteiger partial charge is 0.497 e. The maximum atomic E-state index is 12.9. The molecule has 0 bridgehead atoms. The Labute approximate surface area is 182 Å². The number of amides is 5. The van der Waals surface area contributed by atoms with Crippen LogP contribution in [0.2, 0.25) is 0 Å². The van der Waals surface area contributed by atoms with Crippen LogP contribution in [0.1, 0.15) is 31.8 Å². The number of hydroxylamine groups is 1. The summed E-state index contributed by atoms with van der Waals surface area (Å²) in [4.78, 5) is 50.3. The van der Waals surface area contributed by atoms with Crippen molar-refractivity contribution in [2.45, 2.75) is 12.1 Å². The first kappa shape index (κ1) is 20.9. The quantitative estimate of drug-likeness (QED) is 0.238. The molecule has 5 amide bonds. The molecule has 32 heavy (non-hydrogen) atoms. The van der Waals surface area contributed by atoms with Crippen LogP contribution in [-0.2, 0) is 11.3 Å². The minimum absolute atomic E-state index is 0.154. The highest BCUT2D eigenvalue weighted by Crippen LogP contribution is 2.28. The number of hydrogen-bond acceptors (Lipinski definition) is 6. The van der Waals surface area contributed by atoms with Gasteiger partial charge in [-0.15, -0.1) is 0 Å². The van der Waals surface area contributed by atoms with Gasteiger partial charge in [0.05, 0.1) is 13.7 Å². The smallest absolute Gasteiger partial charge is 0.323 e. The van der Waals surface area contributed by atoms with E-state index >= 15 is 0 Å². The Kier molecular flexibility index (Phi) is 5.26. The summed E-state index contributed by atoms with van der Waals surface area (Å²) in [5.41, 5.74) is 1.82. The Morgan fingerprint density at radius 2 is 1.97 bits per heavy atom. The molecule has 1 saturated heterocycles. The standard InChI is InChI=1S/C22H18N4O6/c1-32-16-7-6-15-11-26(19(28)17(15)10-16)12-22(20(29)23-21(30)24-22)9-8-13-2-4-14(5-3-13)18(27)25-31/h2-7,10,31H,11-12H2,1H3,(H,25,27)(H2,23,24,29,30). The first-order valence-electron chi connectivity index (χ1n) is 9.53. The Bertz CT molecular complexity index is 1200. The summed E-state index contributed by atoms with van der Waals surface area (Å²) >= 11 is 0. The van der Waals surface area contributed by atoms with Gasteiger partial charge >= 0.3 is 6.03 Å². The minimum Gasteiger partial charge on any atom is -0.497 e. The highest BCUT2D eigenvalue weighted by atomic mass is 16.5. The van der Waals surface area contributed by atoms with Crippen molar-refractivity contribution in [1.29, 1.82) is 0 Å². The van der Waals surface area contributed by atoms with Gasteiger partial charge in [0.25, 0.3) is 17.7 Å². The molecule has 0 spiro atoms. The van der Waals surface area contributed by atoms with Crippen LogP contribution in [0.4, 0.5) is 4.79 Å². The van der Waals surface area contributed by atoms with Crippen LogP contribution in [0, 0.1) is 11.8 Å². The topological polar surface area (TPSA) is 137 Å². The predicted molar refractivity (Wildman–Crippen MR) is 110 cm³/mol. The Morgan fingerprint density at radius 1 is 1.22 bits per heavy atom. The lowest BCUT2D eigenvalue weighted by Crippen LogP contribution is -2.54. The summed E-state index contributed by atoms with van der Waals surface area (Å²) in [7, 11) is 1.50. The third-order valence-electron chi connectivity index (χ3n) is 5.23. The van der Waals surface area contributed by atoms with Gasteiger partial charge in [-0.05, 0) is 42.0 Å². The number of nitrogens with one attached hydrogen (secondary N) is 3. The van der Waals surface area contributed by atoms with Crippen molar-refractivity contribution >= 4 is 23.8 Å². The maximum Gasteiger partial charge on any atom is 0.323 e. The first-order chi connectivity index (χ1) is 15.3. The number of imide groups is 1. The van der Waals surface area contributed by atoms with Gasteiger partial charge in [0.15, 0.2) is 0 Å². The zero-order valence-corrected chi connectivity index (χ0v) is 16.9. The van der Waals surface area contributed by atoms with Crippen LogP contribution in [0.25, 0.3) is 0 Å². The molecule has 162 valence electrons. The molecule has 0 radical (unpaired) electrons. The van der Waals surface area contributed by atoms with Crippen molar-refractivity contribution in [3.8, 4) is 17.6 Å². The van der Waals surface area contributed by atoms with Gasteiger partial charge in [0, 0.05) is 23.2 Å². The lowest BCUT2D eigenvalue weighted by molar-refractivity contribution is -0.122. The molecule has 4 rings (SSSR count). The van der Waals surface area contributed by atoms with Crippen LogP contribution in [-0.4, -0.2) is 53.1 Å². The van der Waals surface area contributed by atoms with Crippen molar-refractivity contribution < 1.29 is 29.1 Å². The fourth-order valence-electron chi connectivity index (χ4n) is 3.56. The van der Waals surface area contributed by atoms with Gasteiger partial charge in [0.2, 0.25) is 5.54 Å². The number of urea groups is 1. The number of methoxy groups -OCH3 is 1. The SMILES string of the molecule is COc1ccc2c(c1)C(=O)N(CC1(C#Cc3ccc(C(=O)NO)cc3)NC(=O)NC1=O)C2. The van der Waals surface area contributed by atoms with E-state index in [4.69, 9.17) is 9.94 Å². The summed E-state index contributed by atoms with van der Waals surface area (Å²) in [6, 6.07) is 10.4. The van der Waals surface area contributed by atoms with Crippen LogP contribution in [0.5, 0.6) is 5.75 Å². The van der Waals surface area contributed by atoms with Crippen molar-refractivity contribution in [3.63, 3.8) is 0 Å². The first-order valence-corrected chi connectivity index (χ1v) is 9.53. The average molecular weight is 434 g/mol. The van der Waals surface area contributed by atoms with E-state index in [0.717, 1.165) is 5.56 Å². The zero-order valence-electron chi connectivity index (χ0n) is 16.9. The van der Waals surface area contributed by atoms with E-state index < -0.39 is 23.4 Å². The number of hydrogen-bond donors (Lipinski definition) is 4. The van der Waals surface area contributed by atoms with Gasteiger partial charge in [-0.1, -0.05) is 17.9 Å². The molecule has 2 aliphatic rings. The molecule has 10 nitrogen and oxygen atoms in total. The van der Waals surface area contributed by atoms with E-state index in [1.807, 2.05) is 0 Å². The molecule has 0 saturated carbocycles. The second-order valence-electron chi connectivity index (χ2n) is 7.27. The highest BCUT2D eigenvalue weighted by Gasteiger charge is 2.48. The predicted octanol–water partition coefficient (Wildman–Crippen LogP) is 0.400. The number of carbonyl (C=O) groups excluding carboxylic acids is 4. The fraction of sp³-hybridized carbons (Fsp3) is 0.182. The number of fused-ring (bicyclic) bond motifs is 1. The molecule has 2 aromatic rings. The Balaban J connectivity index is 1.61. The minimum atomic E-state index is -1.64. The lowest BCUT2D eigenvalue weighted by Gasteiger charge is -2.26. The lowest BCUT2D eigenvalue weighted by atomic mass is 9.99. The number of carbonyl (C=O) groups is 4. The maximum absolute atomic E-state index is 12.9. The molecule has 1 unspecified atom stereocenters. The van der Waals surface area contributed by atoms with Crippen LogP contribution < -0.4 is 20.9 Å². The molecule has 0 aliphatic carbocycles. The van der Waals surface area contributed by atoms with E-state index in [1.165, 1.54) is 41.8 Å². The molecular formula is C22H18N4O6. The molecule has 0 aromatic heterocycles. The summed E-state index contributed by atoms with van der Waals surface area (Å²) < 4.78 is 5.17. The van der Waals surface area contributed by atoms with Gasteiger partial charge in [-0.3, -0.25) is 24.9 Å². The van der Waals surface area contributed by atoms with Gasteiger partial charge in [-0.2, -0.15) is 0 Å². The van der Waals surface area contributed by atoms with E-state index in [2.05, 4.69) is 22.5 Å². The van der Waals surface area contributed by atoms with Crippen LogP contribution >= 0.6 is 0 Å². The van der Waals surface area contributed by atoms with Crippen molar-refractivity contribution in [1.82, 2.24) is 21.0 Å². The molecule has 4 N–H and O–H groups in total. The van der Waals surface area contributed by atoms with Crippen molar-refractivity contribution in [2.24, 2.45) is 0 Å². The fourth-order valence-corrected chi connectivity index (χ4v) is 3.56. The third kappa shape index (κ3) is 3.73. The molecular weight excluding hydrogens is 416 g/mol. The normalized spacial score (nSPS) is 18.9. The number of benzene rings is 2. The number of rotatable bonds is 4. The average Bonchev–Trinajstić information content (AvgIpc) is 3.26. The van der Waals surface area contributed by atoms with E-state index in [0.29, 0.717) is 16.9 Å². The monoisotopic (exact) mass is 434 g/mol. The number of nitrogens with zero attached hydrogens (tertiary/aromatic N) is 1. The zero-order chi connectivity index (χ0) is 22.9. The summed E-state index contributed by atoms with van der Waals surface area (Å²) in [5.74, 6) is 4.51. The van der Waals surface area contributed by atoms with E-state index in [9.17, 15) is 19.2 Å². The molecule has 1 atom stereocenters. The highest BCUT2D eigenvalue weighted by molar-refractivity contribution is 6.10. The molecule has 2 aliphatic heterocycles.